The van der Waals surface area contributed by atoms with Gasteiger partial charge in [0.2, 0.25) is 15.9 Å². The molecule has 2 aliphatic rings. The summed E-state index contributed by atoms with van der Waals surface area (Å²) in [5.74, 6) is 0.215. The summed E-state index contributed by atoms with van der Waals surface area (Å²) in [5.41, 5.74) is 0.391. The minimum Gasteiger partial charge on any atom is -0.492 e. The number of nitrogens with one attached hydrogen (secondary N) is 2. The largest absolute Gasteiger partial charge is 0.492 e. The van der Waals surface area contributed by atoms with Crippen LogP contribution in [0.25, 0.3) is 0 Å². The summed E-state index contributed by atoms with van der Waals surface area (Å²) in [4.78, 5) is 12.7. The summed E-state index contributed by atoms with van der Waals surface area (Å²) >= 11 is 0. The quantitative estimate of drug-likeness (QED) is 0.745. The van der Waals surface area contributed by atoms with Gasteiger partial charge in [-0.3, -0.25) is 4.79 Å². The van der Waals surface area contributed by atoms with Gasteiger partial charge in [-0.05, 0) is 44.5 Å². The van der Waals surface area contributed by atoms with Gasteiger partial charge in [-0.15, -0.1) is 0 Å². The molecule has 1 amide bonds. The summed E-state index contributed by atoms with van der Waals surface area (Å²) < 4.78 is 38.0. The number of benzene rings is 1. The predicted octanol–water partition coefficient (Wildman–Crippen LogP) is 1.04. The van der Waals surface area contributed by atoms with Crippen LogP contribution in [0, 0.1) is 5.92 Å². The van der Waals surface area contributed by atoms with Crippen molar-refractivity contribution in [2.75, 3.05) is 51.3 Å². The predicted molar refractivity (Wildman–Crippen MR) is 101 cm³/mol. The van der Waals surface area contributed by atoms with Gasteiger partial charge in [-0.1, -0.05) is 0 Å². The number of carbonyl (C=O) groups is 1. The molecule has 1 unspecified atom stereocenters. The zero-order valence-corrected chi connectivity index (χ0v) is 16.4. The van der Waals surface area contributed by atoms with E-state index in [1.165, 1.54) is 16.4 Å². The molecule has 0 aliphatic carbocycles. The minimum atomic E-state index is -3.64. The minimum absolute atomic E-state index is 0.121. The van der Waals surface area contributed by atoms with Crippen LogP contribution in [0.3, 0.4) is 0 Å². The van der Waals surface area contributed by atoms with Crippen molar-refractivity contribution in [3.8, 4) is 5.75 Å². The number of hydrogen-bond acceptors (Lipinski definition) is 6. The van der Waals surface area contributed by atoms with E-state index in [0.717, 1.165) is 19.4 Å². The average Bonchev–Trinajstić information content (AvgIpc) is 2.70. The van der Waals surface area contributed by atoms with E-state index < -0.39 is 10.0 Å². The summed E-state index contributed by atoms with van der Waals surface area (Å²) in [6.07, 6.45) is 1.76. The van der Waals surface area contributed by atoms with E-state index in [1.807, 2.05) is 6.92 Å². The molecule has 3 rings (SSSR count). The SMILES string of the molecule is CCOc1ccc(S(=O)(=O)N2CCOCC2)cc1NC(=O)C1CCCNC1. The van der Waals surface area contributed by atoms with Crippen molar-refractivity contribution in [3.63, 3.8) is 0 Å². The molecule has 0 aromatic heterocycles. The molecule has 0 radical (unpaired) electrons. The summed E-state index contributed by atoms with van der Waals surface area (Å²) in [5, 5.41) is 6.08. The van der Waals surface area contributed by atoms with Crippen LogP contribution in [-0.2, 0) is 19.6 Å². The van der Waals surface area contributed by atoms with Gasteiger partial charge in [0.1, 0.15) is 5.75 Å². The van der Waals surface area contributed by atoms with E-state index >= 15 is 0 Å². The first-order valence-corrected chi connectivity index (χ1v) is 10.8. The molecule has 2 fully saturated rings. The maximum Gasteiger partial charge on any atom is 0.243 e. The average molecular weight is 397 g/mol. The summed E-state index contributed by atoms with van der Waals surface area (Å²) in [6, 6.07) is 4.61. The highest BCUT2D eigenvalue weighted by molar-refractivity contribution is 7.89. The fourth-order valence-corrected chi connectivity index (χ4v) is 4.73. The lowest BCUT2D eigenvalue weighted by atomic mass is 9.99. The lowest BCUT2D eigenvalue weighted by molar-refractivity contribution is -0.120. The third-order valence-corrected chi connectivity index (χ3v) is 6.68. The van der Waals surface area contributed by atoms with Gasteiger partial charge in [-0.2, -0.15) is 4.31 Å². The lowest BCUT2D eigenvalue weighted by Gasteiger charge is -2.26. The van der Waals surface area contributed by atoms with Crippen molar-refractivity contribution < 1.29 is 22.7 Å². The Kier molecular flexibility index (Phi) is 6.69. The second-order valence-corrected chi connectivity index (χ2v) is 8.58. The van der Waals surface area contributed by atoms with Crippen molar-refractivity contribution >= 4 is 21.6 Å². The molecule has 0 saturated carbocycles. The number of morpholine rings is 1. The Balaban J connectivity index is 1.84. The number of anilines is 1. The number of sulfonamides is 1. The maximum absolute atomic E-state index is 12.9. The van der Waals surface area contributed by atoms with E-state index in [2.05, 4.69) is 10.6 Å². The normalized spacial score (nSPS) is 21.6. The molecule has 1 atom stereocenters. The zero-order chi connectivity index (χ0) is 19.3. The van der Waals surface area contributed by atoms with Crippen molar-refractivity contribution in [1.29, 1.82) is 0 Å². The number of amides is 1. The van der Waals surface area contributed by atoms with Crippen LogP contribution in [-0.4, -0.2) is 64.6 Å². The molecular weight excluding hydrogens is 370 g/mol. The Morgan fingerprint density at radius 1 is 1.37 bits per heavy atom. The molecule has 1 aromatic rings. The Hall–Kier alpha value is -1.68. The van der Waals surface area contributed by atoms with Gasteiger partial charge in [0.25, 0.3) is 0 Å². The molecule has 9 heteroatoms. The number of carbonyl (C=O) groups excluding carboxylic acids is 1. The molecule has 0 spiro atoms. The molecule has 2 heterocycles. The van der Waals surface area contributed by atoms with Crippen LogP contribution < -0.4 is 15.4 Å². The van der Waals surface area contributed by atoms with Crippen LogP contribution in [0.5, 0.6) is 5.75 Å². The first-order chi connectivity index (χ1) is 13.0. The van der Waals surface area contributed by atoms with Gasteiger partial charge in [-0.25, -0.2) is 8.42 Å². The van der Waals surface area contributed by atoms with Crippen LogP contribution in [0.15, 0.2) is 23.1 Å². The highest BCUT2D eigenvalue weighted by atomic mass is 32.2. The third-order valence-electron chi connectivity index (χ3n) is 4.78. The second kappa shape index (κ2) is 9.01. The van der Waals surface area contributed by atoms with E-state index in [1.54, 1.807) is 6.07 Å². The van der Waals surface area contributed by atoms with Crippen molar-refractivity contribution in [2.24, 2.45) is 5.92 Å². The molecule has 2 saturated heterocycles. The molecule has 8 nitrogen and oxygen atoms in total. The fraction of sp³-hybridized carbons (Fsp3) is 0.611. The molecular formula is C18H27N3O5S. The lowest BCUT2D eigenvalue weighted by Crippen LogP contribution is -2.40. The Morgan fingerprint density at radius 3 is 2.81 bits per heavy atom. The van der Waals surface area contributed by atoms with Crippen molar-refractivity contribution in [2.45, 2.75) is 24.7 Å². The summed E-state index contributed by atoms with van der Waals surface area (Å²) in [6.45, 7) is 5.22. The Labute approximate surface area is 160 Å². The van der Waals surface area contributed by atoms with Gasteiger partial charge < -0.3 is 20.1 Å². The number of ether oxygens (including phenoxy) is 2. The standard InChI is InChI=1S/C18H27N3O5S/c1-2-26-17-6-5-15(27(23,24)21-8-10-25-11-9-21)12-16(17)20-18(22)14-4-3-7-19-13-14/h5-6,12,14,19H,2-4,7-11,13H2,1H3,(H,20,22). The van der Waals surface area contributed by atoms with E-state index in [4.69, 9.17) is 9.47 Å². The summed E-state index contributed by atoms with van der Waals surface area (Å²) in [7, 11) is -3.64. The fourth-order valence-electron chi connectivity index (χ4n) is 3.30. The number of nitrogens with zero attached hydrogens (tertiary/aromatic N) is 1. The third kappa shape index (κ3) is 4.78. The first-order valence-electron chi connectivity index (χ1n) is 9.38. The topological polar surface area (TPSA) is 97.0 Å². The molecule has 1 aromatic carbocycles. The van der Waals surface area contributed by atoms with Crippen LogP contribution >= 0.6 is 0 Å². The van der Waals surface area contributed by atoms with Gasteiger partial charge in [0.15, 0.2) is 0 Å². The number of piperidine rings is 1. The maximum atomic E-state index is 12.9. The monoisotopic (exact) mass is 397 g/mol. The molecule has 2 N–H and O–H groups in total. The highest BCUT2D eigenvalue weighted by Gasteiger charge is 2.28. The Morgan fingerprint density at radius 2 is 2.15 bits per heavy atom. The molecule has 2 aliphatic heterocycles. The smallest absolute Gasteiger partial charge is 0.243 e. The second-order valence-electron chi connectivity index (χ2n) is 6.64. The highest BCUT2D eigenvalue weighted by Crippen LogP contribution is 2.30. The number of rotatable bonds is 6. The molecule has 27 heavy (non-hydrogen) atoms. The van der Waals surface area contributed by atoms with Gasteiger partial charge in [0, 0.05) is 19.6 Å². The van der Waals surface area contributed by atoms with Crippen LogP contribution in [0.4, 0.5) is 5.69 Å². The van der Waals surface area contributed by atoms with E-state index in [0.29, 0.717) is 50.9 Å². The zero-order valence-electron chi connectivity index (χ0n) is 15.6. The van der Waals surface area contributed by atoms with Crippen molar-refractivity contribution in [1.82, 2.24) is 9.62 Å². The molecule has 0 bridgehead atoms. The van der Waals surface area contributed by atoms with Gasteiger partial charge in [0.05, 0.1) is 36.3 Å². The number of hydrogen-bond donors (Lipinski definition) is 2. The Bertz CT molecular complexity index is 756. The van der Waals surface area contributed by atoms with E-state index in [9.17, 15) is 13.2 Å². The van der Waals surface area contributed by atoms with Crippen molar-refractivity contribution in [3.05, 3.63) is 18.2 Å². The first kappa shape index (κ1) is 20.1. The van der Waals surface area contributed by atoms with Crippen LogP contribution in [0.2, 0.25) is 0 Å². The van der Waals surface area contributed by atoms with Gasteiger partial charge >= 0.3 is 0 Å². The molecule has 150 valence electrons. The van der Waals surface area contributed by atoms with E-state index in [-0.39, 0.29) is 16.7 Å². The van der Waals surface area contributed by atoms with Crippen LogP contribution in [0.1, 0.15) is 19.8 Å².